The highest BCUT2D eigenvalue weighted by Gasteiger charge is 2.04. The second-order valence-electron chi connectivity index (χ2n) is 2.99. The van der Waals surface area contributed by atoms with Gasteiger partial charge in [-0.25, -0.2) is 0 Å². The third-order valence-electron chi connectivity index (χ3n) is 1.73. The summed E-state index contributed by atoms with van der Waals surface area (Å²) in [7, 11) is 0. The van der Waals surface area contributed by atoms with Crippen molar-refractivity contribution >= 4 is 11.6 Å². The van der Waals surface area contributed by atoms with Gasteiger partial charge in [0.05, 0.1) is 0 Å². The Bertz CT molecular complexity index is 341. The van der Waals surface area contributed by atoms with Crippen LogP contribution in [0.25, 0.3) is 0 Å². The standard InChI is InChI=1S/C10H12F2N2O2/c11-10(12)16-8-3-1-7(2-4-8)14-9(15)5-6-13/h1-4,10H,5-6,13H2,(H,14,15). The third-order valence-corrected chi connectivity index (χ3v) is 1.73. The van der Waals surface area contributed by atoms with Gasteiger partial charge in [-0.2, -0.15) is 8.78 Å². The molecule has 16 heavy (non-hydrogen) atoms. The quantitative estimate of drug-likeness (QED) is 0.807. The average molecular weight is 230 g/mol. The molecule has 0 radical (unpaired) electrons. The molecule has 4 nitrogen and oxygen atoms in total. The molecule has 0 aliphatic rings. The second kappa shape index (κ2) is 6.02. The van der Waals surface area contributed by atoms with E-state index in [-0.39, 0.29) is 24.6 Å². The molecule has 1 rings (SSSR count). The zero-order valence-electron chi connectivity index (χ0n) is 8.45. The van der Waals surface area contributed by atoms with Gasteiger partial charge in [0.1, 0.15) is 5.75 Å². The molecule has 0 heterocycles. The minimum atomic E-state index is -2.85. The highest BCUT2D eigenvalue weighted by molar-refractivity contribution is 5.90. The summed E-state index contributed by atoms with van der Waals surface area (Å²) >= 11 is 0. The van der Waals surface area contributed by atoms with Gasteiger partial charge in [0.2, 0.25) is 5.91 Å². The van der Waals surface area contributed by atoms with Crippen molar-refractivity contribution in [1.82, 2.24) is 0 Å². The molecule has 1 aromatic carbocycles. The highest BCUT2D eigenvalue weighted by atomic mass is 19.3. The van der Waals surface area contributed by atoms with E-state index < -0.39 is 6.61 Å². The van der Waals surface area contributed by atoms with Crippen LogP contribution in [0.5, 0.6) is 5.75 Å². The molecule has 1 aromatic rings. The fourth-order valence-corrected chi connectivity index (χ4v) is 1.07. The lowest BCUT2D eigenvalue weighted by molar-refractivity contribution is -0.116. The van der Waals surface area contributed by atoms with E-state index in [1.807, 2.05) is 0 Å². The van der Waals surface area contributed by atoms with Crippen LogP contribution >= 0.6 is 0 Å². The molecule has 0 bridgehead atoms. The zero-order chi connectivity index (χ0) is 12.0. The Morgan fingerprint density at radius 2 is 2.00 bits per heavy atom. The van der Waals surface area contributed by atoms with Gasteiger partial charge in [0.25, 0.3) is 0 Å². The summed E-state index contributed by atoms with van der Waals surface area (Å²) in [4.78, 5) is 11.1. The lowest BCUT2D eigenvalue weighted by Gasteiger charge is -2.06. The van der Waals surface area contributed by atoms with Crippen LogP contribution in [0.2, 0.25) is 0 Å². The molecular formula is C10H12F2N2O2. The molecule has 0 saturated heterocycles. The molecule has 0 saturated carbocycles. The largest absolute Gasteiger partial charge is 0.435 e. The molecule has 6 heteroatoms. The van der Waals surface area contributed by atoms with Gasteiger partial charge < -0.3 is 15.8 Å². The molecule has 0 aromatic heterocycles. The fourth-order valence-electron chi connectivity index (χ4n) is 1.07. The van der Waals surface area contributed by atoms with Crippen molar-refractivity contribution in [3.05, 3.63) is 24.3 Å². The monoisotopic (exact) mass is 230 g/mol. The first kappa shape index (κ1) is 12.4. The van der Waals surface area contributed by atoms with E-state index in [4.69, 9.17) is 5.73 Å². The van der Waals surface area contributed by atoms with Crippen LogP contribution in [0.1, 0.15) is 6.42 Å². The van der Waals surface area contributed by atoms with E-state index in [0.29, 0.717) is 5.69 Å². The number of halogens is 2. The molecule has 0 aliphatic carbocycles. The summed E-state index contributed by atoms with van der Waals surface area (Å²) in [6.45, 7) is -2.59. The van der Waals surface area contributed by atoms with Gasteiger partial charge in [-0.05, 0) is 24.3 Å². The summed E-state index contributed by atoms with van der Waals surface area (Å²) in [5, 5.41) is 2.56. The Kier molecular flexibility index (Phi) is 4.65. The molecule has 0 spiro atoms. The molecule has 0 fully saturated rings. The van der Waals surface area contributed by atoms with Crippen molar-refractivity contribution in [3.63, 3.8) is 0 Å². The van der Waals surface area contributed by atoms with Crippen molar-refractivity contribution in [3.8, 4) is 5.75 Å². The SMILES string of the molecule is NCCC(=O)Nc1ccc(OC(F)F)cc1. The Hall–Kier alpha value is -1.69. The predicted octanol–water partition coefficient (Wildman–Crippen LogP) is 1.58. The van der Waals surface area contributed by atoms with Crippen molar-refractivity contribution in [2.75, 3.05) is 11.9 Å². The normalized spacial score (nSPS) is 10.2. The first-order chi connectivity index (χ1) is 7.61. The number of benzene rings is 1. The molecule has 0 unspecified atom stereocenters. The number of nitrogens with one attached hydrogen (secondary N) is 1. The Balaban J connectivity index is 2.54. The summed E-state index contributed by atoms with van der Waals surface area (Å²) in [5.41, 5.74) is 5.71. The smallest absolute Gasteiger partial charge is 0.387 e. The number of nitrogens with two attached hydrogens (primary N) is 1. The van der Waals surface area contributed by atoms with Gasteiger partial charge in [0.15, 0.2) is 0 Å². The number of anilines is 1. The predicted molar refractivity (Wildman–Crippen MR) is 55.4 cm³/mol. The number of hydrogen-bond donors (Lipinski definition) is 2. The van der Waals surface area contributed by atoms with Gasteiger partial charge in [-0.1, -0.05) is 0 Å². The zero-order valence-corrected chi connectivity index (χ0v) is 8.45. The number of rotatable bonds is 5. The fraction of sp³-hybridized carbons (Fsp3) is 0.300. The average Bonchev–Trinajstić information content (AvgIpc) is 2.20. The highest BCUT2D eigenvalue weighted by Crippen LogP contribution is 2.17. The summed E-state index contributed by atoms with van der Waals surface area (Å²) in [6, 6.07) is 5.66. The van der Waals surface area contributed by atoms with E-state index in [0.717, 1.165) is 0 Å². The van der Waals surface area contributed by atoms with Crippen LogP contribution in [0.3, 0.4) is 0 Å². The van der Waals surface area contributed by atoms with Crippen molar-refractivity contribution in [2.24, 2.45) is 5.73 Å². The third kappa shape index (κ3) is 4.22. The van der Waals surface area contributed by atoms with Crippen LogP contribution in [0.15, 0.2) is 24.3 Å². The maximum absolute atomic E-state index is 11.8. The van der Waals surface area contributed by atoms with Gasteiger partial charge in [0, 0.05) is 18.7 Å². The van der Waals surface area contributed by atoms with Crippen LogP contribution in [0.4, 0.5) is 14.5 Å². The van der Waals surface area contributed by atoms with Gasteiger partial charge in [-0.3, -0.25) is 4.79 Å². The maximum Gasteiger partial charge on any atom is 0.387 e. The number of alkyl halides is 2. The number of carbonyl (C=O) groups is 1. The number of ether oxygens (including phenoxy) is 1. The van der Waals surface area contributed by atoms with E-state index in [1.165, 1.54) is 24.3 Å². The number of hydrogen-bond acceptors (Lipinski definition) is 3. The van der Waals surface area contributed by atoms with Crippen molar-refractivity contribution < 1.29 is 18.3 Å². The Labute approximate surface area is 91.4 Å². The van der Waals surface area contributed by atoms with Crippen LogP contribution < -0.4 is 15.8 Å². The van der Waals surface area contributed by atoms with E-state index >= 15 is 0 Å². The molecule has 0 atom stereocenters. The van der Waals surface area contributed by atoms with E-state index in [2.05, 4.69) is 10.1 Å². The van der Waals surface area contributed by atoms with Gasteiger partial charge in [-0.15, -0.1) is 0 Å². The maximum atomic E-state index is 11.8. The molecule has 1 amide bonds. The molecule has 3 N–H and O–H groups in total. The van der Waals surface area contributed by atoms with E-state index in [1.54, 1.807) is 0 Å². The lowest BCUT2D eigenvalue weighted by Crippen LogP contribution is -2.16. The van der Waals surface area contributed by atoms with Crippen molar-refractivity contribution in [1.29, 1.82) is 0 Å². The van der Waals surface area contributed by atoms with Crippen molar-refractivity contribution in [2.45, 2.75) is 13.0 Å². The van der Waals surface area contributed by atoms with E-state index in [9.17, 15) is 13.6 Å². The van der Waals surface area contributed by atoms with Crippen LogP contribution in [-0.2, 0) is 4.79 Å². The summed E-state index contributed by atoms with van der Waals surface area (Å²) in [5.74, 6) is -0.170. The summed E-state index contributed by atoms with van der Waals surface area (Å²) in [6.07, 6.45) is 0.218. The van der Waals surface area contributed by atoms with Gasteiger partial charge >= 0.3 is 6.61 Å². The Morgan fingerprint density at radius 1 is 1.38 bits per heavy atom. The lowest BCUT2D eigenvalue weighted by atomic mass is 10.3. The molecule has 0 aliphatic heterocycles. The minimum absolute atomic E-state index is 0.0480. The minimum Gasteiger partial charge on any atom is -0.435 e. The van der Waals surface area contributed by atoms with Crippen LogP contribution in [-0.4, -0.2) is 19.1 Å². The first-order valence-corrected chi connectivity index (χ1v) is 4.66. The second-order valence-corrected chi connectivity index (χ2v) is 2.99. The summed E-state index contributed by atoms with van der Waals surface area (Å²) < 4.78 is 27.8. The number of amides is 1. The molecular weight excluding hydrogens is 218 g/mol. The Morgan fingerprint density at radius 3 is 2.50 bits per heavy atom. The van der Waals surface area contributed by atoms with Crippen LogP contribution in [0, 0.1) is 0 Å². The topological polar surface area (TPSA) is 64.4 Å². The first-order valence-electron chi connectivity index (χ1n) is 4.66. The molecule has 88 valence electrons. The number of carbonyl (C=O) groups excluding carboxylic acids is 1.